The van der Waals surface area contributed by atoms with Crippen LogP contribution >= 0.6 is 50.7 Å². The van der Waals surface area contributed by atoms with E-state index >= 15 is 0 Å². The molecular weight excluding hydrogens is 354 g/mol. The molecule has 0 aliphatic rings. The molecule has 2 aromatic rings. The Hall–Kier alpha value is -0.210. The summed E-state index contributed by atoms with van der Waals surface area (Å²) in [6.45, 7) is 2.03. The van der Waals surface area contributed by atoms with Gasteiger partial charge in [0.05, 0.1) is 5.38 Å². The fourth-order valence-corrected chi connectivity index (χ4v) is 3.52. The van der Waals surface area contributed by atoms with Gasteiger partial charge >= 0.3 is 0 Å². The molecule has 0 spiro atoms. The number of aryl methyl sites for hydroxylation is 1. The Balaban J connectivity index is 2.44. The molecular formula is C14H10BrCl3. The van der Waals surface area contributed by atoms with E-state index in [1.165, 1.54) is 5.56 Å². The third-order valence-corrected chi connectivity index (χ3v) is 4.38. The number of halogens is 4. The molecule has 18 heavy (non-hydrogen) atoms. The Morgan fingerprint density at radius 3 is 2.28 bits per heavy atom. The SMILES string of the molecule is Cc1ccc(C(Cl)c2ccc(Cl)cc2Cl)c(Br)c1. The van der Waals surface area contributed by atoms with Crippen molar-refractivity contribution in [2.24, 2.45) is 0 Å². The first-order valence-electron chi connectivity index (χ1n) is 5.34. The van der Waals surface area contributed by atoms with Gasteiger partial charge in [-0.2, -0.15) is 0 Å². The standard InChI is InChI=1S/C14H10BrCl3/c1-8-2-4-10(12(15)6-8)14(18)11-5-3-9(16)7-13(11)17/h2-7,14H,1H3. The largest absolute Gasteiger partial charge is 0.112 e. The average molecular weight is 364 g/mol. The van der Waals surface area contributed by atoms with Crippen molar-refractivity contribution in [1.82, 2.24) is 0 Å². The molecule has 1 atom stereocenters. The fourth-order valence-electron chi connectivity index (χ4n) is 1.71. The van der Waals surface area contributed by atoms with Crippen molar-refractivity contribution in [3.63, 3.8) is 0 Å². The molecule has 94 valence electrons. The van der Waals surface area contributed by atoms with E-state index in [1.807, 2.05) is 31.2 Å². The normalized spacial score (nSPS) is 12.5. The van der Waals surface area contributed by atoms with E-state index < -0.39 is 0 Å². The quantitative estimate of drug-likeness (QED) is 0.541. The van der Waals surface area contributed by atoms with Crippen molar-refractivity contribution in [2.75, 3.05) is 0 Å². The zero-order chi connectivity index (χ0) is 13.3. The highest BCUT2D eigenvalue weighted by atomic mass is 79.9. The second-order valence-electron chi connectivity index (χ2n) is 4.05. The summed E-state index contributed by atoms with van der Waals surface area (Å²) >= 11 is 22.1. The Morgan fingerprint density at radius 1 is 1.00 bits per heavy atom. The van der Waals surface area contributed by atoms with Gasteiger partial charge in [-0.1, -0.05) is 57.3 Å². The van der Waals surface area contributed by atoms with Gasteiger partial charge in [0, 0.05) is 14.5 Å². The second kappa shape index (κ2) is 5.83. The molecule has 0 aromatic heterocycles. The Bertz CT molecular complexity index is 530. The highest BCUT2D eigenvalue weighted by Gasteiger charge is 2.17. The number of alkyl halides is 1. The minimum atomic E-state index is -0.301. The molecule has 0 radical (unpaired) electrons. The number of hydrogen-bond acceptors (Lipinski definition) is 0. The molecule has 1 unspecified atom stereocenters. The van der Waals surface area contributed by atoms with Crippen LogP contribution in [0.1, 0.15) is 22.1 Å². The van der Waals surface area contributed by atoms with E-state index in [2.05, 4.69) is 15.9 Å². The Morgan fingerprint density at radius 2 is 1.67 bits per heavy atom. The summed E-state index contributed by atoms with van der Waals surface area (Å²) in [5, 5.41) is 0.885. The highest BCUT2D eigenvalue weighted by molar-refractivity contribution is 9.10. The van der Waals surface area contributed by atoms with Crippen LogP contribution < -0.4 is 0 Å². The molecule has 2 aromatic carbocycles. The Kier molecular flexibility index (Phi) is 4.60. The van der Waals surface area contributed by atoms with Gasteiger partial charge < -0.3 is 0 Å². The van der Waals surface area contributed by atoms with Gasteiger partial charge in [-0.25, -0.2) is 0 Å². The van der Waals surface area contributed by atoms with E-state index in [9.17, 15) is 0 Å². The summed E-state index contributed by atoms with van der Waals surface area (Å²) in [6, 6.07) is 11.4. The summed E-state index contributed by atoms with van der Waals surface area (Å²) in [7, 11) is 0. The van der Waals surface area contributed by atoms with Crippen molar-refractivity contribution >= 4 is 50.7 Å². The molecule has 0 bridgehead atoms. The second-order valence-corrected chi connectivity index (χ2v) is 6.19. The van der Waals surface area contributed by atoms with E-state index in [-0.39, 0.29) is 5.38 Å². The maximum absolute atomic E-state index is 6.49. The summed E-state index contributed by atoms with van der Waals surface area (Å²) in [5.74, 6) is 0. The van der Waals surface area contributed by atoms with Crippen LogP contribution in [0, 0.1) is 6.92 Å². The minimum absolute atomic E-state index is 0.301. The van der Waals surface area contributed by atoms with Gasteiger partial charge in [-0.15, -0.1) is 11.6 Å². The van der Waals surface area contributed by atoms with Crippen LogP contribution in [-0.2, 0) is 0 Å². The topological polar surface area (TPSA) is 0 Å². The van der Waals surface area contributed by atoms with Crippen LogP contribution in [0.3, 0.4) is 0 Å². The molecule has 0 fully saturated rings. The van der Waals surface area contributed by atoms with Crippen LogP contribution in [0.15, 0.2) is 40.9 Å². The molecule has 0 aliphatic carbocycles. The van der Waals surface area contributed by atoms with Crippen molar-refractivity contribution in [3.05, 3.63) is 67.6 Å². The lowest BCUT2D eigenvalue weighted by atomic mass is 10.0. The zero-order valence-corrected chi connectivity index (χ0v) is 13.4. The van der Waals surface area contributed by atoms with Gasteiger partial charge in [-0.05, 0) is 41.8 Å². The molecule has 0 saturated carbocycles. The first-order valence-corrected chi connectivity index (χ1v) is 7.32. The summed E-state index contributed by atoms with van der Waals surface area (Å²) in [5.41, 5.74) is 3.02. The van der Waals surface area contributed by atoms with Gasteiger partial charge in [0.25, 0.3) is 0 Å². The maximum atomic E-state index is 6.49. The fraction of sp³-hybridized carbons (Fsp3) is 0.143. The summed E-state index contributed by atoms with van der Waals surface area (Å²) in [6.07, 6.45) is 0. The van der Waals surface area contributed by atoms with Crippen molar-refractivity contribution in [2.45, 2.75) is 12.3 Å². The molecule has 2 rings (SSSR count). The van der Waals surface area contributed by atoms with Crippen molar-refractivity contribution in [3.8, 4) is 0 Å². The molecule has 0 saturated heterocycles. The van der Waals surface area contributed by atoms with Crippen molar-refractivity contribution < 1.29 is 0 Å². The molecule has 0 aliphatic heterocycles. The van der Waals surface area contributed by atoms with E-state index in [1.54, 1.807) is 12.1 Å². The zero-order valence-electron chi connectivity index (χ0n) is 9.55. The molecule has 0 nitrogen and oxygen atoms in total. The first kappa shape index (κ1) is 14.2. The Labute approximate surface area is 130 Å². The van der Waals surface area contributed by atoms with Gasteiger partial charge in [0.1, 0.15) is 0 Å². The van der Waals surface area contributed by atoms with Gasteiger partial charge in [0.15, 0.2) is 0 Å². The van der Waals surface area contributed by atoms with Crippen LogP contribution in [0.25, 0.3) is 0 Å². The third kappa shape index (κ3) is 3.03. The molecule has 0 amide bonds. The molecule has 0 N–H and O–H groups in total. The highest BCUT2D eigenvalue weighted by Crippen LogP contribution is 2.38. The van der Waals surface area contributed by atoms with Gasteiger partial charge in [0.2, 0.25) is 0 Å². The summed E-state index contributed by atoms with van der Waals surface area (Å²) < 4.78 is 0.980. The van der Waals surface area contributed by atoms with Crippen molar-refractivity contribution in [1.29, 1.82) is 0 Å². The van der Waals surface area contributed by atoms with Gasteiger partial charge in [-0.3, -0.25) is 0 Å². The smallest absolute Gasteiger partial charge is 0.0860 e. The molecule has 0 heterocycles. The van der Waals surface area contributed by atoms with Crippen LogP contribution in [-0.4, -0.2) is 0 Å². The molecule has 4 heteroatoms. The monoisotopic (exact) mass is 362 g/mol. The predicted octanol–water partition coefficient (Wildman–Crippen LogP) is 6.39. The number of rotatable bonds is 2. The third-order valence-electron chi connectivity index (χ3n) is 2.66. The van der Waals surface area contributed by atoms with Crippen LogP contribution in [0.5, 0.6) is 0 Å². The average Bonchev–Trinajstić information content (AvgIpc) is 2.28. The minimum Gasteiger partial charge on any atom is -0.112 e. The van der Waals surface area contributed by atoms with Crippen LogP contribution in [0.2, 0.25) is 10.0 Å². The van der Waals surface area contributed by atoms with E-state index in [4.69, 9.17) is 34.8 Å². The number of hydrogen-bond donors (Lipinski definition) is 0. The number of benzene rings is 2. The van der Waals surface area contributed by atoms with E-state index in [0.717, 1.165) is 15.6 Å². The maximum Gasteiger partial charge on any atom is 0.0860 e. The lowest BCUT2D eigenvalue weighted by Crippen LogP contribution is -1.96. The first-order chi connectivity index (χ1) is 8.49. The van der Waals surface area contributed by atoms with E-state index in [0.29, 0.717) is 10.0 Å². The summed E-state index contributed by atoms with van der Waals surface area (Å²) in [4.78, 5) is 0. The van der Waals surface area contributed by atoms with Crippen LogP contribution in [0.4, 0.5) is 0 Å². The predicted molar refractivity (Wildman–Crippen MR) is 83.0 cm³/mol. The lowest BCUT2D eigenvalue weighted by molar-refractivity contribution is 1.12. The lowest BCUT2D eigenvalue weighted by Gasteiger charge is -2.14.